The van der Waals surface area contributed by atoms with E-state index in [-0.39, 0.29) is 17.5 Å². The van der Waals surface area contributed by atoms with Gasteiger partial charge in [0.2, 0.25) is 0 Å². The molecule has 0 saturated heterocycles. The summed E-state index contributed by atoms with van der Waals surface area (Å²) in [4.78, 5) is 0. The van der Waals surface area contributed by atoms with Gasteiger partial charge in [-0.05, 0) is 12.1 Å². The number of rotatable bonds is 5. The fourth-order valence-electron chi connectivity index (χ4n) is 1.85. The van der Waals surface area contributed by atoms with Gasteiger partial charge in [-0.3, -0.25) is 0 Å². The van der Waals surface area contributed by atoms with Gasteiger partial charge in [0, 0.05) is 22.2 Å². The molecular weight excluding hydrogens is 338 g/mol. The van der Waals surface area contributed by atoms with E-state index in [1.54, 1.807) is 24.3 Å². The SMILES string of the molecule is COc1cc(Cl)cc(CCl)c1OCc1cccc(F)c1Cl. The van der Waals surface area contributed by atoms with E-state index in [1.807, 2.05) is 0 Å². The fourth-order valence-corrected chi connectivity index (χ4v) is 2.46. The lowest BCUT2D eigenvalue weighted by atomic mass is 10.2. The number of alkyl halides is 1. The summed E-state index contributed by atoms with van der Waals surface area (Å²) in [5.41, 5.74) is 1.22. The molecule has 0 fully saturated rings. The van der Waals surface area contributed by atoms with Crippen molar-refractivity contribution in [2.45, 2.75) is 12.5 Å². The first kappa shape index (κ1) is 16.2. The normalized spacial score (nSPS) is 10.5. The van der Waals surface area contributed by atoms with Crippen molar-refractivity contribution < 1.29 is 13.9 Å². The Labute approximate surface area is 137 Å². The molecule has 112 valence electrons. The van der Waals surface area contributed by atoms with Crippen LogP contribution in [0.3, 0.4) is 0 Å². The molecule has 0 aliphatic heterocycles. The first-order valence-corrected chi connectivity index (χ1v) is 7.34. The Morgan fingerprint density at radius 3 is 2.57 bits per heavy atom. The Hall–Kier alpha value is -1.16. The third kappa shape index (κ3) is 3.73. The van der Waals surface area contributed by atoms with Gasteiger partial charge in [0.15, 0.2) is 11.5 Å². The number of hydrogen-bond acceptors (Lipinski definition) is 2. The molecule has 0 aliphatic carbocycles. The van der Waals surface area contributed by atoms with Crippen molar-refractivity contribution in [1.82, 2.24) is 0 Å². The molecule has 2 nitrogen and oxygen atoms in total. The molecule has 0 heterocycles. The van der Waals surface area contributed by atoms with Gasteiger partial charge in [0.1, 0.15) is 12.4 Å². The molecule has 21 heavy (non-hydrogen) atoms. The van der Waals surface area contributed by atoms with Crippen LogP contribution in [-0.2, 0) is 12.5 Å². The van der Waals surface area contributed by atoms with Gasteiger partial charge in [0.05, 0.1) is 18.0 Å². The predicted octanol–water partition coefficient (Wildman–Crippen LogP) is 5.46. The number of methoxy groups -OCH3 is 1. The molecule has 0 saturated carbocycles. The Kier molecular flexibility index (Phi) is 5.57. The summed E-state index contributed by atoms with van der Waals surface area (Å²) < 4.78 is 24.3. The molecule has 0 aromatic heterocycles. The molecule has 0 unspecified atom stereocenters. The third-order valence-corrected chi connectivity index (χ3v) is 3.79. The molecular formula is C15H12Cl3FO2. The predicted molar refractivity (Wildman–Crippen MR) is 83.3 cm³/mol. The molecule has 6 heteroatoms. The number of benzene rings is 2. The van der Waals surface area contributed by atoms with E-state index in [0.717, 1.165) is 0 Å². The molecule has 2 rings (SSSR count). The van der Waals surface area contributed by atoms with E-state index < -0.39 is 5.82 Å². The molecule has 0 aliphatic rings. The topological polar surface area (TPSA) is 18.5 Å². The average Bonchev–Trinajstić information content (AvgIpc) is 2.48. The van der Waals surface area contributed by atoms with Crippen molar-refractivity contribution in [2.24, 2.45) is 0 Å². The van der Waals surface area contributed by atoms with Gasteiger partial charge in [-0.15, -0.1) is 11.6 Å². The van der Waals surface area contributed by atoms with E-state index in [1.165, 1.54) is 13.2 Å². The van der Waals surface area contributed by atoms with Crippen LogP contribution in [-0.4, -0.2) is 7.11 Å². The van der Waals surface area contributed by atoms with Crippen molar-refractivity contribution in [1.29, 1.82) is 0 Å². The van der Waals surface area contributed by atoms with Gasteiger partial charge >= 0.3 is 0 Å². The molecule has 0 radical (unpaired) electrons. The summed E-state index contributed by atoms with van der Waals surface area (Å²) in [6, 6.07) is 7.87. The monoisotopic (exact) mass is 348 g/mol. The summed E-state index contributed by atoms with van der Waals surface area (Å²) in [5, 5.41) is 0.538. The standard InChI is InChI=1S/C15H12Cl3FO2/c1-20-13-6-11(17)5-10(7-16)15(13)21-8-9-3-2-4-12(19)14(9)18/h2-6H,7-8H2,1H3. The lowest BCUT2D eigenvalue weighted by molar-refractivity contribution is 0.282. The van der Waals surface area contributed by atoms with Crippen LogP contribution in [0.1, 0.15) is 11.1 Å². The van der Waals surface area contributed by atoms with E-state index in [4.69, 9.17) is 44.3 Å². The largest absolute Gasteiger partial charge is 0.493 e. The Morgan fingerprint density at radius 1 is 1.14 bits per heavy atom. The smallest absolute Gasteiger partial charge is 0.166 e. The maximum Gasteiger partial charge on any atom is 0.166 e. The lowest BCUT2D eigenvalue weighted by Crippen LogP contribution is -2.02. The zero-order valence-electron chi connectivity index (χ0n) is 11.1. The molecule has 2 aromatic carbocycles. The Bertz CT molecular complexity index is 622. The molecule has 0 atom stereocenters. The zero-order chi connectivity index (χ0) is 15.4. The van der Waals surface area contributed by atoms with E-state index in [0.29, 0.717) is 27.6 Å². The minimum atomic E-state index is -0.488. The van der Waals surface area contributed by atoms with Crippen molar-refractivity contribution in [3.05, 3.63) is 57.3 Å². The highest BCUT2D eigenvalue weighted by Crippen LogP contribution is 2.36. The van der Waals surface area contributed by atoms with Gasteiger partial charge in [-0.1, -0.05) is 35.3 Å². The summed E-state index contributed by atoms with van der Waals surface area (Å²) in [6.07, 6.45) is 0. The average molecular weight is 350 g/mol. The van der Waals surface area contributed by atoms with Crippen molar-refractivity contribution in [3.63, 3.8) is 0 Å². The zero-order valence-corrected chi connectivity index (χ0v) is 13.4. The molecule has 0 N–H and O–H groups in total. The second-order valence-corrected chi connectivity index (χ2v) is 5.31. The maximum absolute atomic E-state index is 13.4. The summed E-state index contributed by atoms with van der Waals surface area (Å²) in [6.45, 7) is 0.0957. The van der Waals surface area contributed by atoms with Crippen molar-refractivity contribution >= 4 is 34.8 Å². The maximum atomic E-state index is 13.4. The number of ether oxygens (including phenoxy) is 2. The Morgan fingerprint density at radius 2 is 1.90 bits per heavy atom. The van der Waals surface area contributed by atoms with Gasteiger partial charge in [0.25, 0.3) is 0 Å². The number of halogens is 4. The van der Waals surface area contributed by atoms with E-state index in [9.17, 15) is 4.39 Å². The molecule has 0 amide bonds. The van der Waals surface area contributed by atoms with Gasteiger partial charge < -0.3 is 9.47 Å². The third-order valence-electron chi connectivity index (χ3n) is 2.86. The van der Waals surface area contributed by atoms with Crippen LogP contribution in [0.15, 0.2) is 30.3 Å². The van der Waals surface area contributed by atoms with Crippen LogP contribution in [0.4, 0.5) is 4.39 Å². The molecule has 2 aromatic rings. The highest BCUT2D eigenvalue weighted by molar-refractivity contribution is 6.31. The van der Waals surface area contributed by atoms with Crippen molar-refractivity contribution in [2.75, 3.05) is 7.11 Å². The lowest BCUT2D eigenvalue weighted by Gasteiger charge is -2.15. The summed E-state index contributed by atoms with van der Waals surface area (Å²) >= 11 is 17.8. The summed E-state index contributed by atoms with van der Waals surface area (Å²) in [5.74, 6) is 0.657. The van der Waals surface area contributed by atoms with Crippen LogP contribution in [0.25, 0.3) is 0 Å². The second-order valence-electron chi connectivity index (χ2n) is 4.23. The van der Waals surface area contributed by atoms with Gasteiger partial charge in [-0.25, -0.2) is 4.39 Å². The van der Waals surface area contributed by atoms with Crippen LogP contribution in [0.5, 0.6) is 11.5 Å². The first-order chi connectivity index (χ1) is 10.1. The van der Waals surface area contributed by atoms with Gasteiger partial charge in [-0.2, -0.15) is 0 Å². The van der Waals surface area contributed by atoms with E-state index in [2.05, 4.69) is 0 Å². The van der Waals surface area contributed by atoms with Crippen LogP contribution in [0, 0.1) is 5.82 Å². The minimum absolute atomic E-state index is 0.0397. The fraction of sp³-hybridized carbons (Fsp3) is 0.200. The first-order valence-electron chi connectivity index (χ1n) is 6.05. The molecule has 0 spiro atoms. The van der Waals surface area contributed by atoms with Crippen molar-refractivity contribution in [3.8, 4) is 11.5 Å². The Balaban J connectivity index is 2.29. The number of hydrogen-bond donors (Lipinski definition) is 0. The highest BCUT2D eigenvalue weighted by atomic mass is 35.5. The molecule has 0 bridgehead atoms. The minimum Gasteiger partial charge on any atom is -0.493 e. The second kappa shape index (κ2) is 7.21. The van der Waals surface area contributed by atoms with Crippen LogP contribution < -0.4 is 9.47 Å². The highest BCUT2D eigenvalue weighted by Gasteiger charge is 2.14. The van der Waals surface area contributed by atoms with Crippen LogP contribution >= 0.6 is 34.8 Å². The van der Waals surface area contributed by atoms with Crippen LogP contribution in [0.2, 0.25) is 10.0 Å². The summed E-state index contributed by atoms with van der Waals surface area (Å²) in [7, 11) is 1.51. The quantitative estimate of drug-likeness (QED) is 0.667. The van der Waals surface area contributed by atoms with E-state index >= 15 is 0 Å².